The number of aliphatic carboxylic acids is 1. The molecule has 3 atom stereocenters. The number of nitrogens with zero attached hydrogens (tertiary/aromatic N) is 3. The predicted molar refractivity (Wildman–Crippen MR) is 133 cm³/mol. The molecule has 5 rings (SSSR count). The van der Waals surface area contributed by atoms with E-state index in [1.54, 1.807) is 4.90 Å². The van der Waals surface area contributed by atoms with E-state index in [4.69, 9.17) is 14.5 Å². The Morgan fingerprint density at radius 3 is 2.71 bits per heavy atom. The zero-order valence-corrected chi connectivity index (χ0v) is 20.9. The Hall–Kier alpha value is -2.61. The van der Waals surface area contributed by atoms with Gasteiger partial charge >= 0.3 is 12.1 Å². The van der Waals surface area contributed by atoms with Gasteiger partial charge < -0.3 is 19.1 Å². The van der Waals surface area contributed by atoms with Gasteiger partial charge in [-0.15, -0.1) is 0 Å². The third kappa shape index (κ3) is 4.65. The van der Waals surface area contributed by atoms with Crippen LogP contribution in [-0.2, 0) is 27.1 Å². The van der Waals surface area contributed by atoms with Gasteiger partial charge in [-0.05, 0) is 76.3 Å². The van der Waals surface area contributed by atoms with Crippen molar-refractivity contribution in [3.8, 4) is 0 Å². The highest BCUT2D eigenvalue weighted by Crippen LogP contribution is 2.41. The fourth-order valence-electron chi connectivity index (χ4n) is 6.40. The first-order valence-corrected chi connectivity index (χ1v) is 13.2. The third-order valence-corrected chi connectivity index (χ3v) is 8.38. The number of imidazole rings is 1. The van der Waals surface area contributed by atoms with E-state index < -0.39 is 5.97 Å². The van der Waals surface area contributed by atoms with Crippen molar-refractivity contribution in [2.45, 2.75) is 83.2 Å². The van der Waals surface area contributed by atoms with Gasteiger partial charge in [0, 0.05) is 37.3 Å². The summed E-state index contributed by atoms with van der Waals surface area (Å²) in [6, 6.07) is 4.31. The highest BCUT2D eigenvalue weighted by molar-refractivity contribution is 5.95. The fraction of sp³-hybridized carbons (Fsp3) is 0.667. The monoisotopic (exact) mass is 483 g/mol. The number of carbonyl (C=O) groups is 2. The molecule has 8 heteroatoms. The molecular formula is C27H37N3O5. The van der Waals surface area contributed by atoms with Crippen LogP contribution in [0.2, 0.25) is 0 Å². The van der Waals surface area contributed by atoms with Crippen molar-refractivity contribution >= 4 is 28.8 Å². The van der Waals surface area contributed by atoms with Crippen LogP contribution >= 0.6 is 0 Å². The number of carbonyl (C=O) groups excluding carboxylic acids is 1. The summed E-state index contributed by atoms with van der Waals surface area (Å²) < 4.78 is 13.0. The van der Waals surface area contributed by atoms with Gasteiger partial charge in [-0.25, -0.2) is 9.78 Å². The smallest absolute Gasteiger partial charge is 0.414 e. The highest BCUT2D eigenvalue weighted by atomic mass is 16.5. The van der Waals surface area contributed by atoms with Crippen LogP contribution in [0.1, 0.15) is 75.7 Å². The van der Waals surface area contributed by atoms with Gasteiger partial charge in [-0.3, -0.25) is 9.69 Å². The van der Waals surface area contributed by atoms with Gasteiger partial charge in [0.2, 0.25) is 0 Å². The van der Waals surface area contributed by atoms with E-state index in [9.17, 15) is 14.7 Å². The maximum Gasteiger partial charge on any atom is 0.414 e. The number of amides is 1. The van der Waals surface area contributed by atoms with Crippen LogP contribution in [-0.4, -0.2) is 53.1 Å². The molecule has 1 aromatic heterocycles. The van der Waals surface area contributed by atoms with Crippen molar-refractivity contribution < 1.29 is 24.2 Å². The largest absolute Gasteiger partial charge is 0.481 e. The molecule has 0 spiro atoms. The van der Waals surface area contributed by atoms with Crippen LogP contribution in [0.25, 0.3) is 11.0 Å². The lowest BCUT2D eigenvalue weighted by atomic mass is 9.85. The first-order valence-electron chi connectivity index (χ1n) is 13.2. The number of carboxylic acids is 1. The minimum absolute atomic E-state index is 0.0668. The quantitative estimate of drug-likeness (QED) is 0.634. The summed E-state index contributed by atoms with van der Waals surface area (Å²) in [5.41, 5.74) is 4.02. The number of ether oxygens (including phenoxy) is 2. The molecule has 2 aromatic rings. The SMILES string of the molecule is COC(=O)N1c2ccc3c(nc(CCC4CCOCC4)n3[C@@H]3CCC[C@@H](C(=O)O)C3)c2CC[C@@H]1C. The van der Waals surface area contributed by atoms with Gasteiger partial charge in [0.05, 0.1) is 29.7 Å². The Bertz CT molecular complexity index is 1090. The number of anilines is 1. The number of rotatable bonds is 5. The highest BCUT2D eigenvalue weighted by Gasteiger charge is 2.34. The van der Waals surface area contributed by atoms with E-state index in [1.165, 1.54) is 7.11 Å². The van der Waals surface area contributed by atoms with E-state index >= 15 is 0 Å². The molecule has 3 heterocycles. The minimum atomic E-state index is -0.692. The summed E-state index contributed by atoms with van der Waals surface area (Å²) in [5.74, 6) is 0.699. The van der Waals surface area contributed by atoms with Gasteiger partial charge in [0.15, 0.2) is 0 Å². The van der Waals surface area contributed by atoms with Gasteiger partial charge in [-0.2, -0.15) is 0 Å². The number of aromatic nitrogens is 2. The van der Waals surface area contributed by atoms with Crippen molar-refractivity contribution in [3.05, 3.63) is 23.5 Å². The Kier molecular flexibility index (Phi) is 7.00. The molecule has 1 aliphatic carbocycles. The molecule has 0 radical (unpaired) electrons. The summed E-state index contributed by atoms with van der Waals surface area (Å²) in [4.78, 5) is 31.4. The third-order valence-electron chi connectivity index (χ3n) is 8.38. The number of hydrogen-bond donors (Lipinski definition) is 1. The summed E-state index contributed by atoms with van der Waals surface area (Å²) >= 11 is 0. The lowest BCUT2D eigenvalue weighted by molar-refractivity contribution is -0.143. The van der Waals surface area contributed by atoms with Gasteiger partial charge in [-0.1, -0.05) is 6.42 Å². The van der Waals surface area contributed by atoms with Crippen LogP contribution in [0.15, 0.2) is 12.1 Å². The van der Waals surface area contributed by atoms with Crippen LogP contribution in [0.3, 0.4) is 0 Å². The average molecular weight is 484 g/mol. The molecule has 35 heavy (non-hydrogen) atoms. The Balaban J connectivity index is 1.56. The average Bonchev–Trinajstić information content (AvgIpc) is 3.26. The minimum Gasteiger partial charge on any atom is -0.481 e. The normalized spacial score (nSPS) is 25.4. The zero-order chi connectivity index (χ0) is 24.5. The summed E-state index contributed by atoms with van der Waals surface area (Å²) in [6.45, 7) is 3.72. The maximum absolute atomic E-state index is 12.6. The number of benzene rings is 1. The van der Waals surface area contributed by atoms with Crippen LogP contribution in [0.5, 0.6) is 0 Å². The van der Waals surface area contributed by atoms with E-state index in [-0.39, 0.29) is 24.1 Å². The number of aryl methyl sites for hydroxylation is 2. The second-order valence-corrected chi connectivity index (χ2v) is 10.5. The second-order valence-electron chi connectivity index (χ2n) is 10.5. The first kappa shape index (κ1) is 24.1. The molecule has 1 N–H and O–H groups in total. The van der Waals surface area contributed by atoms with E-state index in [0.29, 0.717) is 12.3 Å². The molecule has 8 nitrogen and oxygen atoms in total. The molecule has 0 bridgehead atoms. The van der Waals surface area contributed by atoms with E-state index in [1.807, 2.05) is 6.07 Å². The van der Waals surface area contributed by atoms with Crippen molar-refractivity contribution in [1.29, 1.82) is 0 Å². The molecule has 190 valence electrons. The van der Waals surface area contributed by atoms with Crippen molar-refractivity contribution in [2.75, 3.05) is 25.2 Å². The molecule has 1 amide bonds. The molecule has 3 aliphatic rings. The molecule has 1 saturated heterocycles. The lowest BCUT2D eigenvalue weighted by Crippen LogP contribution is -2.42. The van der Waals surface area contributed by atoms with Crippen LogP contribution in [0, 0.1) is 11.8 Å². The molecule has 1 saturated carbocycles. The molecular weight excluding hydrogens is 446 g/mol. The maximum atomic E-state index is 12.6. The van der Waals surface area contributed by atoms with Crippen LogP contribution in [0.4, 0.5) is 10.5 Å². The molecule has 1 aromatic carbocycles. The topological polar surface area (TPSA) is 93.9 Å². The number of carboxylic acid groups (broad SMARTS) is 1. The van der Waals surface area contributed by atoms with Crippen LogP contribution < -0.4 is 4.90 Å². The van der Waals surface area contributed by atoms with Gasteiger partial charge in [0.25, 0.3) is 0 Å². The second kappa shape index (κ2) is 10.2. The van der Waals surface area contributed by atoms with E-state index in [0.717, 1.165) is 99.1 Å². The van der Waals surface area contributed by atoms with Crippen molar-refractivity contribution in [3.63, 3.8) is 0 Å². The van der Waals surface area contributed by atoms with Crippen molar-refractivity contribution in [2.24, 2.45) is 11.8 Å². The first-order chi connectivity index (χ1) is 17.0. The Morgan fingerprint density at radius 1 is 1.17 bits per heavy atom. The zero-order valence-electron chi connectivity index (χ0n) is 20.9. The molecule has 2 aliphatic heterocycles. The van der Waals surface area contributed by atoms with Crippen molar-refractivity contribution in [1.82, 2.24) is 9.55 Å². The van der Waals surface area contributed by atoms with Gasteiger partial charge in [0.1, 0.15) is 5.82 Å². The Morgan fingerprint density at radius 2 is 1.97 bits per heavy atom. The Labute approximate surface area is 206 Å². The summed E-state index contributed by atoms with van der Waals surface area (Å²) in [7, 11) is 1.42. The standard InChI is InChI=1S/C27H37N3O5/c1-17-6-8-21-22(29(17)27(33)34-2)9-10-23-25(21)28-24(11-7-18-12-14-35-15-13-18)30(23)20-5-3-4-19(16-20)26(31)32/h9-10,17-20H,3-8,11-16H2,1-2H3,(H,31,32)/t17-,19+,20+/m0/s1. The number of hydrogen-bond acceptors (Lipinski definition) is 5. The summed E-state index contributed by atoms with van der Waals surface area (Å²) in [6.07, 6.45) is 8.78. The number of methoxy groups -OCH3 is 1. The molecule has 0 unspecified atom stereocenters. The fourth-order valence-corrected chi connectivity index (χ4v) is 6.40. The molecule has 2 fully saturated rings. The lowest BCUT2D eigenvalue weighted by Gasteiger charge is -2.34. The predicted octanol–water partition coefficient (Wildman–Crippen LogP) is 5.12. The summed E-state index contributed by atoms with van der Waals surface area (Å²) in [5, 5.41) is 9.71. The number of fused-ring (bicyclic) bond motifs is 3. The van der Waals surface area contributed by atoms with E-state index in [2.05, 4.69) is 17.6 Å².